The summed E-state index contributed by atoms with van der Waals surface area (Å²) in [6.07, 6.45) is 1.65. The number of aryl methyl sites for hydroxylation is 1. The van der Waals surface area contributed by atoms with E-state index in [4.69, 9.17) is 23.2 Å². The highest BCUT2D eigenvalue weighted by Gasteiger charge is 2.11. The molecule has 0 saturated heterocycles. The van der Waals surface area contributed by atoms with Crippen LogP contribution >= 0.6 is 35.0 Å². The average molecular weight is 432 g/mol. The van der Waals surface area contributed by atoms with Crippen molar-refractivity contribution in [2.24, 2.45) is 5.10 Å². The third-order valence-corrected chi connectivity index (χ3v) is 5.72. The molecule has 0 aliphatic rings. The van der Waals surface area contributed by atoms with Crippen LogP contribution in [-0.2, 0) is 4.79 Å². The number of carbonyl (C=O) groups excluding carboxylic acids is 1. The van der Waals surface area contributed by atoms with E-state index in [9.17, 15) is 4.79 Å². The number of hydrogen-bond acceptors (Lipinski definition) is 3. The average Bonchev–Trinajstić information content (AvgIpc) is 2.95. The fourth-order valence-corrected chi connectivity index (χ4v) is 3.84. The van der Waals surface area contributed by atoms with Crippen LogP contribution in [0.5, 0.6) is 0 Å². The Hall–Kier alpha value is -2.21. The number of nitrogens with zero attached hydrogens (tertiary/aromatic N) is 2. The first kappa shape index (κ1) is 20.5. The molecule has 144 valence electrons. The van der Waals surface area contributed by atoms with Crippen LogP contribution in [0.15, 0.2) is 64.6 Å². The number of para-hydroxylation sites is 1. The van der Waals surface area contributed by atoms with Gasteiger partial charge in [-0.1, -0.05) is 35.3 Å². The summed E-state index contributed by atoms with van der Waals surface area (Å²) < 4.78 is 2.07. The number of nitrogens with one attached hydrogen (secondary N) is 1. The van der Waals surface area contributed by atoms with Crippen molar-refractivity contribution in [3.8, 4) is 5.69 Å². The number of aromatic nitrogens is 1. The number of hydrogen-bond donors (Lipinski definition) is 1. The molecule has 28 heavy (non-hydrogen) atoms. The minimum Gasteiger partial charge on any atom is -0.316 e. The second-order valence-corrected chi connectivity index (χ2v) is 8.04. The molecule has 0 atom stereocenters. The van der Waals surface area contributed by atoms with Crippen LogP contribution in [0.25, 0.3) is 5.69 Å². The van der Waals surface area contributed by atoms with Gasteiger partial charge in [0.1, 0.15) is 0 Å². The largest absolute Gasteiger partial charge is 0.316 e. The molecule has 1 aromatic heterocycles. The highest BCUT2D eigenvalue weighted by molar-refractivity contribution is 8.00. The van der Waals surface area contributed by atoms with Gasteiger partial charge < -0.3 is 4.57 Å². The Morgan fingerprint density at radius 3 is 2.57 bits per heavy atom. The fraction of sp³-hybridized carbons (Fsp3) is 0.143. The summed E-state index contributed by atoms with van der Waals surface area (Å²) in [5, 5.41) is 5.45. The van der Waals surface area contributed by atoms with Crippen LogP contribution in [0.1, 0.15) is 17.0 Å². The van der Waals surface area contributed by atoms with Crippen molar-refractivity contribution in [1.82, 2.24) is 9.99 Å². The molecule has 0 saturated carbocycles. The lowest BCUT2D eigenvalue weighted by Crippen LogP contribution is -2.19. The molecule has 0 fully saturated rings. The van der Waals surface area contributed by atoms with Crippen molar-refractivity contribution in [1.29, 1.82) is 0 Å². The molecule has 0 spiro atoms. The number of hydrazone groups is 1. The van der Waals surface area contributed by atoms with Crippen molar-refractivity contribution < 1.29 is 4.79 Å². The lowest BCUT2D eigenvalue weighted by molar-refractivity contribution is -0.118. The maximum absolute atomic E-state index is 12.0. The first-order valence-corrected chi connectivity index (χ1v) is 10.3. The van der Waals surface area contributed by atoms with Gasteiger partial charge in [-0.3, -0.25) is 4.79 Å². The minimum absolute atomic E-state index is 0.170. The molecule has 4 nitrogen and oxygen atoms in total. The van der Waals surface area contributed by atoms with Gasteiger partial charge in [0.2, 0.25) is 5.91 Å². The van der Waals surface area contributed by atoms with Crippen molar-refractivity contribution >= 4 is 47.1 Å². The second-order valence-electron chi connectivity index (χ2n) is 6.15. The molecule has 1 heterocycles. The Kier molecular flexibility index (Phi) is 6.83. The van der Waals surface area contributed by atoms with E-state index in [-0.39, 0.29) is 11.7 Å². The van der Waals surface area contributed by atoms with E-state index < -0.39 is 0 Å². The van der Waals surface area contributed by atoms with E-state index >= 15 is 0 Å². The zero-order valence-corrected chi connectivity index (χ0v) is 17.8. The SMILES string of the molecule is Cc1cc(/C=N/NC(=O)CSc2ccc(Cl)cc2)c(C)n1-c1ccccc1Cl. The Morgan fingerprint density at radius 1 is 1.14 bits per heavy atom. The van der Waals surface area contributed by atoms with E-state index in [1.807, 2.05) is 56.3 Å². The zero-order valence-electron chi connectivity index (χ0n) is 15.4. The number of carbonyl (C=O) groups is 1. The topological polar surface area (TPSA) is 46.4 Å². The standard InChI is InChI=1S/C21H19Cl2N3OS/c1-14-11-16(15(2)26(14)20-6-4-3-5-19(20)23)12-24-25-21(27)13-28-18-9-7-17(22)8-10-18/h3-12H,13H2,1-2H3,(H,25,27)/b24-12+. The molecule has 2 aromatic carbocycles. The van der Waals surface area contributed by atoms with Crippen LogP contribution in [0, 0.1) is 13.8 Å². The summed E-state index contributed by atoms with van der Waals surface area (Å²) in [6, 6.07) is 17.1. The van der Waals surface area contributed by atoms with Gasteiger partial charge in [-0.2, -0.15) is 5.10 Å². The Morgan fingerprint density at radius 2 is 1.86 bits per heavy atom. The number of benzene rings is 2. The molecule has 1 amide bonds. The maximum Gasteiger partial charge on any atom is 0.250 e. The van der Waals surface area contributed by atoms with Gasteiger partial charge in [0, 0.05) is 26.9 Å². The van der Waals surface area contributed by atoms with Gasteiger partial charge in [0.05, 0.1) is 22.7 Å². The maximum atomic E-state index is 12.0. The number of rotatable bonds is 6. The van der Waals surface area contributed by atoms with Crippen LogP contribution < -0.4 is 5.43 Å². The van der Waals surface area contributed by atoms with Crippen molar-refractivity contribution in [2.75, 3.05) is 5.75 Å². The van der Waals surface area contributed by atoms with Crippen LogP contribution in [-0.4, -0.2) is 22.4 Å². The van der Waals surface area contributed by atoms with E-state index in [2.05, 4.69) is 15.1 Å². The van der Waals surface area contributed by atoms with Gasteiger partial charge >= 0.3 is 0 Å². The lowest BCUT2D eigenvalue weighted by atomic mass is 10.2. The third-order valence-electron chi connectivity index (χ3n) is 4.14. The van der Waals surface area contributed by atoms with E-state index in [0.29, 0.717) is 10.0 Å². The number of thioether (sulfide) groups is 1. The summed E-state index contributed by atoms with van der Waals surface area (Å²) in [7, 11) is 0. The summed E-state index contributed by atoms with van der Waals surface area (Å²) in [6.45, 7) is 4.00. The first-order chi connectivity index (χ1) is 13.5. The molecule has 0 unspecified atom stereocenters. The molecular formula is C21H19Cl2N3OS. The van der Waals surface area contributed by atoms with E-state index in [1.54, 1.807) is 18.3 Å². The Bertz CT molecular complexity index is 1010. The second kappa shape index (κ2) is 9.32. The van der Waals surface area contributed by atoms with Crippen molar-refractivity contribution in [3.05, 3.63) is 81.6 Å². The molecule has 0 radical (unpaired) electrons. The molecule has 0 aliphatic carbocycles. The minimum atomic E-state index is -0.170. The third kappa shape index (κ3) is 4.98. The smallest absolute Gasteiger partial charge is 0.250 e. The van der Waals surface area contributed by atoms with Gasteiger partial charge in [-0.05, 0) is 56.3 Å². The number of amides is 1. The molecule has 0 aliphatic heterocycles. The monoisotopic (exact) mass is 431 g/mol. The predicted octanol–water partition coefficient (Wildman–Crippen LogP) is 5.64. The molecule has 7 heteroatoms. The van der Waals surface area contributed by atoms with E-state index in [1.165, 1.54) is 11.8 Å². The highest BCUT2D eigenvalue weighted by atomic mass is 35.5. The summed E-state index contributed by atoms with van der Waals surface area (Å²) >= 11 is 13.6. The van der Waals surface area contributed by atoms with Crippen molar-refractivity contribution in [2.45, 2.75) is 18.7 Å². The van der Waals surface area contributed by atoms with Gasteiger partial charge in [-0.15, -0.1) is 11.8 Å². The molecule has 3 aromatic rings. The zero-order chi connectivity index (χ0) is 20.1. The normalized spacial score (nSPS) is 11.1. The van der Waals surface area contributed by atoms with Gasteiger partial charge in [-0.25, -0.2) is 5.43 Å². The summed E-state index contributed by atoms with van der Waals surface area (Å²) in [4.78, 5) is 13.0. The molecule has 0 bridgehead atoms. The fourth-order valence-electron chi connectivity index (χ4n) is 2.81. The quantitative estimate of drug-likeness (QED) is 0.311. The van der Waals surface area contributed by atoms with Crippen LogP contribution in [0.2, 0.25) is 10.0 Å². The van der Waals surface area contributed by atoms with Crippen LogP contribution in [0.4, 0.5) is 0 Å². The van der Waals surface area contributed by atoms with Gasteiger partial charge in [0.15, 0.2) is 0 Å². The Balaban J connectivity index is 1.63. The Labute approximate surface area is 178 Å². The van der Waals surface area contributed by atoms with Gasteiger partial charge in [0.25, 0.3) is 0 Å². The molecular weight excluding hydrogens is 413 g/mol. The predicted molar refractivity (Wildman–Crippen MR) is 118 cm³/mol. The van der Waals surface area contributed by atoms with Crippen LogP contribution in [0.3, 0.4) is 0 Å². The summed E-state index contributed by atoms with van der Waals surface area (Å²) in [5.74, 6) is 0.105. The van der Waals surface area contributed by atoms with Crippen molar-refractivity contribution in [3.63, 3.8) is 0 Å². The molecule has 3 rings (SSSR count). The molecule has 1 N–H and O–H groups in total. The first-order valence-electron chi connectivity index (χ1n) is 8.60. The van der Waals surface area contributed by atoms with E-state index in [0.717, 1.165) is 27.5 Å². The number of halogens is 2. The lowest BCUT2D eigenvalue weighted by Gasteiger charge is -2.11. The highest BCUT2D eigenvalue weighted by Crippen LogP contribution is 2.25. The summed E-state index contributed by atoms with van der Waals surface area (Å²) in [5.41, 5.74) is 6.44.